The van der Waals surface area contributed by atoms with Gasteiger partial charge in [-0.1, -0.05) is 12.2 Å². The topological polar surface area (TPSA) is 49.8 Å². The van der Waals surface area contributed by atoms with Crippen molar-refractivity contribution in [2.45, 2.75) is 26.8 Å². The molecule has 1 unspecified atom stereocenters. The summed E-state index contributed by atoms with van der Waals surface area (Å²) in [5, 5.41) is 8.98. The van der Waals surface area contributed by atoms with Gasteiger partial charge in [0.15, 0.2) is 0 Å². The van der Waals surface area contributed by atoms with E-state index in [2.05, 4.69) is 11.8 Å². The summed E-state index contributed by atoms with van der Waals surface area (Å²) in [4.78, 5) is 13.2. The van der Waals surface area contributed by atoms with Gasteiger partial charge in [-0.3, -0.25) is 9.69 Å². The second-order valence-corrected chi connectivity index (χ2v) is 4.77. The Labute approximate surface area is 96.9 Å². The second-order valence-electron chi connectivity index (χ2n) is 4.77. The molecule has 0 spiro atoms. The third-order valence-electron chi connectivity index (χ3n) is 2.96. The molecule has 1 fully saturated rings. The van der Waals surface area contributed by atoms with Crippen LogP contribution in [0.5, 0.6) is 0 Å². The monoisotopic (exact) mass is 227 g/mol. The Morgan fingerprint density at radius 1 is 1.44 bits per heavy atom. The molecule has 0 aliphatic carbocycles. The number of rotatable bonds is 4. The number of nitrogens with zero attached hydrogens (tertiary/aromatic N) is 1. The maximum atomic E-state index is 10.9. The van der Waals surface area contributed by atoms with E-state index in [9.17, 15) is 4.79 Å². The average Bonchev–Trinajstić information content (AvgIpc) is 2.27. The molecule has 16 heavy (non-hydrogen) atoms. The summed E-state index contributed by atoms with van der Waals surface area (Å²) in [5.74, 6) is -0.794. The van der Waals surface area contributed by atoms with Crippen LogP contribution in [0.25, 0.3) is 0 Å². The van der Waals surface area contributed by atoms with Gasteiger partial charge in [-0.25, -0.2) is 0 Å². The smallest absolute Gasteiger partial charge is 0.312 e. The van der Waals surface area contributed by atoms with Gasteiger partial charge in [-0.2, -0.15) is 0 Å². The molecule has 4 heteroatoms. The SMILES string of the molecule is CC(/C=C/C(C)(C)C(=O)O)N1CCOCC1. The molecule has 1 saturated heterocycles. The van der Waals surface area contributed by atoms with Gasteiger partial charge in [-0.05, 0) is 20.8 Å². The third kappa shape index (κ3) is 3.61. The minimum atomic E-state index is -0.794. The lowest BCUT2D eigenvalue weighted by atomic mass is 9.92. The molecule has 1 heterocycles. The number of morpholine rings is 1. The summed E-state index contributed by atoms with van der Waals surface area (Å²) in [7, 11) is 0. The van der Waals surface area contributed by atoms with Crippen LogP contribution in [0.1, 0.15) is 20.8 Å². The van der Waals surface area contributed by atoms with Crippen LogP contribution in [0.4, 0.5) is 0 Å². The van der Waals surface area contributed by atoms with Gasteiger partial charge in [0.1, 0.15) is 0 Å². The molecule has 0 aromatic heterocycles. The van der Waals surface area contributed by atoms with Crippen molar-refractivity contribution in [3.63, 3.8) is 0 Å². The standard InChI is InChI=1S/C12H21NO3/c1-10(13-6-8-16-9-7-13)4-5-12(2,3)11(14)15/h4-5,10H,6-9H2,1-3H3,(H,14,15)/b5-4+. The molecule has 0 bridgehead atoms. The Kier molecular flexibility index (Phi) is 4.50. The molecule has 0 radical (unpaired) electrons. The van der Waals surface area contributed by atoms with Crippen molar-refractivity contribution < 1.29 is 14.6 Å². The summed E-state index contributed by atoms with van der Waals surface area (Å²) >= 11 is 0. The van der Waals surface area contributed by atoms with Gasteiger partial charge < -0.3 is 9.84 Å². The highest BCUT2D eigenvalue weighted by Gasteiger charge is 2.24. The van der Waals surface area contributed by atoms with Crippen LogP contribution >= 0.6 is 0 Å². The molecule has 1 N–H and O–H groups in total. The Balaban J connectivity index is 2.52. The van der Waals surface area contributed by atoms with Crippen LogP contribution in [0, 0.1) is 5.41 Å². The first-order valence-electron chi connectivity index (χ1n) is 5.68. The van der Waals surface area contributed by atoms with Crippen molar-refractivity contribution in [1.82, 2.24) is 4.90 Å². The van der Waals surface area contributed by atoms with E-state index in [4.69, 9.17) is 9.84 Å². The molecule has 0 amide bonds. The van der Waals surface area contributed by atoms with Crippen LogP contribution in [0.3, 0.4) is 0 Å². The van der Waals surface area contributed by atoms with E-state index in [1.54, 1.807) is 19.9 Å². The minimum Gasteiger partial charge on any atom is -0.481 e. The van der Waals surface area contributed by atoms with Crippen LogP contribution in [-0.2, 0) is 9.53 Å². The number of carboxylic acid groups (broad SMARTS) is 1. The van der Waals surface area contributed by atoms with E-state index in [0.717, 1.165) is 26.3 Å². The number of carbonyl (C=O) groups is 1. The van der Waals surface area contributed by atoms with Gasteiger partial charge in [-0.15, -0.1) is 0 Å². The van der Waals surface area contributed by atoms with E-state index in [1.807, 2.05) is 6.08 Å². The second kappa shape index (κ2) is 5.46. The third-order valence-corrected chi connectivity index (χ3v) is 2.96. The highest BCUT2D eigenvalue weighted by Crippen LogP contribution is 2.18. The van der Waals surface area contributed by atoms with Crippen LogP contribution < -0.4 is 0 Å². The zero-order valence-corrected chi connectivity index (χ0v) is 10.3. The minimum absolute atomic E-state index is 0.266. The predicted octanol–water partition coefficient (Wildman–Crippen LogP) is 1.37. The fraction of sp³-hybridized carbons (Fsp3) is 0.750. The highest BCUT2D eigenvalue weighted by molar-refractivity contribution is 5.75. The highest BCUT2D eigenvalue weighted by atomic mass is 16.5. The molecule has 1 aliphatic rings. The van der Waals surface area contributed by atoms with Gasteiger partial charge in [0.05, 0.1) is 18.6 Å². The first kappa shape index (κ1) is 13.2. The first-order valence-corrected chi connectivity index (χ1v) is 5.68. The summed E-state index contributed by atoms with van der Waals surface area (Å²) in [6, 6.07) is 0.266. The lowest BCUT2D eigenvalue weighted by Crippen LogP contribution is -2.41. The normalized spacial score (nSPS) is 21.2. The fourth-order valence-corrected chi connectivity index (χ4v) is 1.56. The van der Waals surface area contributed by atoms with Gasteiger partial charge in [0.2, 0.25) is 0 Å². The quantitative estimate of drug-likeness (QED) is 0.737. The van der Waals surface area contributed by atoms with Crippen molar-refractivity contribution in [1.29, 1.82) is 0 Å². The maximum Gasteiger partial charge on any atom is 0.312 e. The molecule has 0 aromatic carbocycles. The van der Waals surface area contributed by atoms with Crippen molar-refractivity contribution in [3.05, 3.63) is 12.2 Å². The van der Waals surface area contributed by atoms with E-state index in [1.165, 1.54) is 0 Å². The lowest BCUT2D eigenvalue weighted by molar-refractivity contribution is -0.144. The molecule has 1 atom stereocenters. The number of hydrogen-bond donors (Lipinski definition) is 1. The lowest BCUT2D eigenvalue weighted by Gasteiger charge is -2.31. The average molecular weight is 227 g/mol. The van der Waals surface area contributed by atoms with Crippen molar-refractivity contribution in [3.8, 4) is 0 Å². The van der Waals surface area contributed by atoms with Gasteiger partial charge in [0, 0.05) is 19.1 Å². The molecule has 92 valence electrons. The summed E-state index contributed by atoms with van der Waals surface area (Å²) in [5.41, 5.74) is -0.791. The van der Waals surface area contributed by atoms with Crippen molar-refractivity contribution in [2.75, 3.05) is 26.3 Å². The molecule has 0 saturated carbocycles. The maximum absolute atomic E-state index is 10.9. The van der Waals surface area contributed by atoms with Crippen molar-refractivity contribution >= 4 is 5.97 Å². The Hall–Kier alpha value is -0.870. The zero-order chi connectivity index (χ0) is 12.2. The summed E-state index contributed by atoms with van der Waals surface area (Å²) in [6.07, 6.45) is 3.74. The van der Waals surface area contributed by atoms with E-state index in [0.29, 0.717) is 0 Å². The number of carboxylic acids is 1. The van der Waals surface area contributed by atoms with E-state index >= 15 is 0 Å². The summed E-state index contributed by atoms with van der Waals surface area (Å²) in [6.45, 7) is 8.86. The van der Waals surface area contributed by atoms with E-state index in [-0.39, 0.29) is 6.04 Å². The van der Waals surface area contributed by atoms with Crippen LogP contribution in [0.2, 0.25) is 0 Å². The molecule has 1 aliphatic heterocycles. The Morgan fingerprint density at radius 2 is 2.00 bits per heavy atom. The number of hydrogen-bond acceptors (Lipinski definition) is 3. The van der Waals surface area contributed by atoms with Gasteiger partial charge >= 0.3 is 5.97 Å². The molecular formula is C12H21NO3. The van der Waals surface area contributed by atoms with Crippen LogP contribution in [-0.4, -0.2) is 48.3 Å². The molecular weight excluding hydrogens is 206 g/mol. The Bertz CT molecular complexity index is 267. The first-order chi connectivity index (χ1) is 7.43. The van der Waals surface area contributed by atoms with Crippen molar-refractivity contribution in [2.24, 2.45) is 5.41 Å². The van der Waals surface area contributed by atoms with Crippen LogP contribution in [0.15, 0.2) is 12.2 Å². The molecule has 4 nitrogen and oxygen atoms in total. The number of aliphatic carboxylic acids is 1. The zero-order valence-electron chi connectivity index (χ0n) is 10.3. The molecule has 0 aromatic rings. The Morgan fingerprint density at radius 3 is 2.50 bits per heavy atom. The fourth-order valence-electron chi connectivity index (χ4n) is 1.56. The largest absolute Gasteiger partial charge is 0.481 e. The van der Waals surface area contributed by atoms with E-state index < -0.39 is 11.4 Å². The van der Waals surface area contributed by atoms with Gasteiger partial charge in [0.25, 0.3) is 0 Å². The summed E-state index contributed by atoms with van der Waals surface area (Å²) < 4.78 is 5.27. The number of ether oxygens (including phenoxy) is 1. The predicted molar refractivity (Wildman–Crippen MR) is 62.4 cm³/mol. The molecule has 1 rings (SSSR count).